The van der Waals surface area contributed by atoms with E-state index in [2.05, 4.69) is 22.1 Å². The Hall–Kier alpha value is -1.44. The van der Waals surface area contributed by atoms with Crippen LogP contribution in [-0.2, 0) is 22.5 Å². The number of rotatable bonds is 1. The molecule has 2 saturated heterocycles. The SMILES string of the molecule is CN1CCN(C(=O)c2n[nH]c3c2COCC3)CC12CCOCC2. The maximum Gasteiger partial charge on any atom is 0.274 e. The van der Waals surface area contributed by atoms with Gasteiger partial charge in [-0.05, 0) is 19.9 Å². The summed E-state index contributed by atoms with van der Waals surface area (Å²) in [4.78, 5) is 17.4. The van der Waals surface area contributed by atoms with Gasteiger partial charge in [0.15, 0.2) is 5.69 Å². The van der Waals surface area contributed by atoms with Crippen molar-refractivity contribution in [3.63, 3.8) is 0 Å². The quantitative estimate of drug-likeness (QED) is 0.812. The number of fused-ring (bicyclic) bond motifs is 1. The average Bonchev–Trinajstić information content (AvgIpc) is 3.02. The van der Waals surface area contributed by atoms with Crippen LogP contribution < -0.4 is 0 Å². The first-order chi connectivity index (χ1) is 11.2. The third-order valence-electron chi connectivity index (χ3n) is 5.61. The molecule has 1 aromatic rings. The molecule has 3 aliphatic rings. The lowest BCUT2D eigenvalue weighted by atomic mass is 9.86. The van der Waals surface area contributed by atoms with Crippen LogP contribution in [0.4, 0.5) is 0 Å². The lowest BCUT2D eigenvalue weighted by Gasteiger charge is -2.51. The summed E-state index contributed by atoms with van der Waals surface area (Å²) >= 11 is 0. The van der Waals surface area contributed by atoms with E-state index in [0.29, 0.717) is 18.9 Å². The summed E-state index contributed by atoms with van der Waals surface area (Å²) < 4.78 is 11.0. The van der Waals surface area contributed by atoms with Crippen molar-refractivity contribution < 1.29 is 14.3 Å². The van der Waals surface area contributed by atoms with E-state index < -0.39 is 0 Å². The number of amides is 1. The van der Waals surface area contributed by atoms with Gasteiger partial charge in [0.2, 0.25) is 0 Å². The molecule has 0 bridgehead atoms. The number of aromatic nitrogens is 2. The van der Waals surface area contributed by atoms with E-state index in [-0.39, 0.29) is 11.4 Å². The van der Waals surface area contributed by atoms with E-state index >= 15 is 0 Å². The molecule has 3 aliphatic heterocycles. The van der Waals surface area contributed by atoms with Crippen molar-refractivity contribution in [2.45, 2.75) is 31.4 Å². The average molecular weight is 320 g/mol. The highest BCUT2D eigenvalue weighted by Crippen LogP contribution is 2.31. The molecule has 0 aromatic carbocycles. The van der Waals surface area contributed by atoms with Crippen LogP contribution in [0.3, 0.4) is 0 Å². The van der Waals surface area contributed by atoms with Crippen LogP contribution >= 0.6 is 0 Å². The first-order valence-electron chi connectivity index (χ1n) is 8.42. The Morgan fingerprint density at radius 3 is 2.87 bits per heavy atom. The van der Waals surface area contributed by atoms with Crippen molar-refractivity contribution in [3.05, 3.63) is 17.0 Å². The first-order valence-corrected chi connectivity index (χ1v) is 8.42. The second-order valence-electron chi connectivity index (χ2n) is 6.82. The van der Waals surface area contributed by atoms with Gasteiger partial charge in [-0.2, -0.15) is 5.10 Å². The highest BCUT2D eigenvalue weighted by atomic mass is 16.5. The molecule has 7 nitrogen and oxygen atoms in total. The third kappa shape index (κ3) is 2.56. The number of carbonyl (C=O) groups excluding carboxylic acids is 1. The van der Waals surface area contributed by atoms with Gasteiger partial charge in [-0.3, -0.25) is 14.8 Å². The number of carbonyl (C=O) groups is 1. The van der Waals surface area contributed by atoms with E-state index in [1.807, 2.05) is 4.90 Å². The van der Waals surface area contributed by atoms with Gasteiger partial charge in [-0.25, -0.2) is 0 Å². The van der Waals surface area contributed by atoms with Crippen LogP contribution in [0.25, 0.3) is 0 Å². The molecule has 4 rings (SSSR count). The number of nitrogens with zero attached hydrogens (tertiary/aromatic N) is 3. The molecule has 1 N–H and O–H groups in total. The fourth-order valence-corrected chi connectivity index (χ4v) is 3.97. The second-order valence-corrected chi connectivity index (χ2v) is 6.82. The minimum atomic E-state index is 0.0342. The lowest BCUT2D eigenvalue weighted by Crippen LogP contribution is -2.63. The second kappa shape index (κ2) is 5.89. The molecular formula is C16H24N4O3. The van der Waals surface area contributed by atoms with Gasteiger partial charge in [0.1, 0.15) is 0 Å². The molecular weight excluding hydrogens is 296 g/mol. The van der Waals surface area contributed by atoms with Crippen LogP contribution in [-0.4, -0.2) is 77.9 Å². The molecule has 126 valence electrons. The summed E-state index contributed by atoms with van der Waals surface area (Å²) in [6.07, 6.45) is 2.77. The number of ether oxygens (including phenoxy) is 2. The minimum absolute atomic E-state index is 0.0342. The maximum atomic E-state index is 13.0. The van der Waals surface area contributed by atoms with E-state index in [1.54, 1.807) is 0 Å². The summed E-state index contributed by atoms with van der Waals surface area (Å²) in [6.45, 7) is 5.14. The van der Waals surface area contributed by atoms with Crippen molar-refractivity contribution in [1.29, 1.82) is 0 Å². The topological polar surface area (TPSA) is 70.7 Å². The van der Waals surface area contributed by atoms with Crippen LogP contribution in [0.15, 0.2) is 0 Å². The number of hydrogen-bond acceptors (Lipinski definition) is 5. The largest absolute Gasteiger partial charge is 0.381 e. The summed E-state index contributed by atoms with van der Waals surface area (Å²) in [5.74, 6) is 0.0342. The number of hydrogen-bond donors (Lipinski definition) is 1. The third-order valence-corrected chi connectivity index (χ3v) is 5.61. The molecule has 23 heavy (non-hydrogen) atoms. The molecule has 1 spiro atoms. The summed E-state index contributed by atoms with van der Waals surface area (Å²) in [5.41, 5.74) is 2.60. The van der Waals surface area contributed by atoms with Crippen LogP contribution in [0.2, 0.25) is 0 Å². The molecule has 0 aliphatic carbocycles. The minimum Gasteiger partial charge on any atom is -0.381 e. The highest BCUT2D eigenvalue weighted by molar-refractivity contribution is 5.94. The molecule has 7 heteroatoms. The lowest BCUT2D eigenvalue weighted by molar-refractivity contribution is -0.0544. The van der Waals surface area contributed by atoms with E-state index in [4.69, 9.17) is 9.47 Å². The van der Waals surface area contributed by atoms with E-state index in [0.717, 1.165) is 63.4 Å². The van der Waals surface area contributed by atoms with Gasteiger partial charge in [-0.15, -0.1) is 0 Å². The van der Waals surface area contributed by atoms with Crippen LogP contribution in [0.1, 0.15) is 34.6 Å². The molecule has 1 aromatic heterocycles. The van der Waals surface area contributed by atoms with Gasteiger partial charge in [0.25, 0.3) is 5.91 Å². The molecule has 1 amide bonds. The zero-order chi connectivity index (χ0) is 15.9. The van der Waals surface area contributed by atoms with Gasteiger partial charge < -0.3 is 14.4 Å². The summed E-state index contributed by atoms with van der Waals surface area (Å²) in [7, 11) is 2.16. The Morgan fingerprint density at radius 1 is 1.22 bits per heavy atom. The predicted molar refractivity (Wildman–Crippen MR) is 83.3 cm³/mol. The standard InChI is InChI=1S/C16H24N4O3/c1-19-5-6-20(11-16(19)3-8-22-9-4-16)15(21)14-12-10-23-7-2-13(12)17-18-14/h2-11H2,1H3,(H,17,18). The van der Waals surface area contributed by atoms with Crippen molar-refractivity contribution in [2.75, 3.05) is 46.5 Å². The molecule has 2 fully saturated rings. The van der Waals surface area contributed by atoms with Crippen molar-refractivity contribution in [3.8, 4) is 0 Å². The Morgan fingerprint density at radius 2 is 2.04 bits per heavy atom. The van der Waals surface area contributed by atoms with Gasteiger partial charge in [0.05, 0.1) is 13.2 Å². The highest BCUT2D eigenvalue weighted by Gasteiger charge is 2.43. The van der Waals surface area contributed by atoms with Crippen LogP contribution in [0.5, 0.6) is 0 Å². The molecule has 4 heterocycles. The molecule has 0 atom stereocenters. The van der Waals surface area contributed by atoms with Gasteiger partial charge in [-0.1, -0.05) is 0 Å². The first kappa shape index (κ1) is 15.1. The van der Waals surface area contributed by atoms with E-state index in [1.165, 1.54) is 0 Å². The fourth-order valence-electron chi connectivity index (χ4n) is 3.97. The number of H-pyrrole nitrogens is 1. The molecule has 0 unspecified atom stereocenters. The normalized spacial score (nSPS) is 24.7. The number of aromatic amines is 1. The Bertz CT molecular complexity index is 594. The number of piperazine rings is 1. The van der Waals surface area contributed by atoms with Gasteiger partial charge in [0, 0.05) is 56.1 Å². The fraction of sp³-hybridized carbons (Fsp3) is 0.750. The monoisotopic (exact) mass is 320 g/mol. The van der Waals surface area contributed by atoms with Crippen molar-refractivity contribution in [2.24, 2.45) is 0 Å². The molecule has 0 saturated carbocycles. The van der Waals surface area contributed by atoms with Crippen molar-refractivity contribution in [1.82, 2.24) is 20.0 Å². The zero-order valence-corrected chi connectivity index (χ0v) is 13.6. The Balaban J connectivity index is 1.55. The van der Waals surface area contributed by atoms with E-state index in [9.17, 15) is 4.79 Å². The van der Waals surface area contributed by atoms with Crippen LogP contribution in [0, 0.1) is 0 Å². The Labute approximate surface area is 135 Å². The van der Waals surface area contributed by atoms with Crippen molar-refractivity contribution >= 4 is 5.91 Å². The van der Waals surface area contributed by atoms with Gasteiger partial charge >= 0.3 is 0 Å². The predicted octanol–water partition coefficient (Wildman–Crippen LogP) is 0.419. The Kier molecular flexibility index (Phi) is 3.87. The summed E-state index contributed by atoms with van der Waals surface area (Å²) in [6, 6.07) is 0. The smallest absolute Gasteiger partial charge is 0.274 e. The maximum absolute atomic E-state index is 13.0. The number of nitrogens with one attached hydrogen (secondary N) is 1. The number of likely N-dealkylation sites (N-methyl/N-ethyl adjacent to an activating group) is 1. The summed E-state index contributed by atoms with van der Waals surface area (Å²) in [5, 5.41) is 7.31. The zero-order valence-electron chi connectivity index (χ0n) is 13.6. The molecule has 0 radical (unpaired) electrons.